The lowest BCUT2D eigenvalue weighted by atomic mass is 10.0. The van der Waals surface area contributed by atoms with Gasteiger partial charge in [0.05, 0.1) is 13.2 Å². The van der Waals surface area contributed by atoms with E-state index in [9.17, 15) is 0 Å². The van der Waals surface area contributed by atoms with Crippen LogP contribution in [0.25, 0.3) is 0 Å². The predicted octanol–water partition coefficient (Wildman–Crippen LogP) is 0.230. The van der Waals surface area contributed by atoms with E-state index in [0.29, 0.717) is 19.1 Å². The molecule has 0 aliphatic rings. The Labute approximate surface area is 86.1 Å². The molecule has 0 rings (SSSR count). The second-order valence-corrected chi connectivity index (χ2v) is 3.73. The van der Waals surface area contributed by atoms with Crippen LogP contribution in [-0.2, 0) is 4.74 Å². The van der Waals surface area contributed by atoms with E-state index >= 15 is 0 Å². The van der Waals surface area contributed by atoms with Gasteiger partial charge in [0, 0.05) is 12.6 Å². The molecule has 0 amide bonds. The largest absolute Gasteiger partial charge is 0.383 e. The summed E-state index contributed by atoms with van der Waals surface area (Å²) in [6, 6.07) is 0. The molecule has 0 aromatic carbocycles. The van der Waals surface area contributed by atoms with Crippen molar-refractivity contribution < 1.29 is 4.74 Å². The Kier molecular flexibility index (Phi) is 6.23. The standard InChI is InChI=1S/C9H22N4O/c1-5-9(2,3)12-8(13-10)11-6-7-14-4/h5-7,10H2,1-4H3,(H2,11,12,13). The van der Waals surface area contributed by atoms with E-state index in [0.717, 1.165) is 6.42 Å². The van der Waals surface area contributed by atoms with Crippen molar-refractivity contribution in [2.45, 2.75) is 32.7 Å². The van der Waals surface area contributed by atoms with E-state index in [4.69, 9.17) is 10.6 Å². The van der Waals surface area contributed by atoms with E-state index < -0.39 is 0 Å². The van der Waals surface area contributed by atoms with Gasteiger partial charge >= 0.3 is 0 Å². The smallest absolute Gasteiger partial charge is 0.206 e. The summed E-state index contributed by atoms with van der Waals surface area (Å²) in [6.07, 6.45) is 0.998. The molecule has 0 bridgehead atoms. The maximum Gasteiger partial charge on any atom is 0.206 e. The third kappa shape index (κ3) is 5.77. The van der Waals surface area contributed by atoms with Crippen molar-refractivity contribution in [3.8, 4) is 0 Å². The van der Waals surface area contributed by atoms with Gasteiger partial charge in [0.2, 0.25) is 5.96 Å². The molecule has 0 aliphatic heterocycles. The number of hydrogen-bond acceptors (Lipinski definition) is 3. The summed E-state index contributed by atoms with van der Waals surface area (Å²) in [7, 11) is 1.65. The van der Waals surface area contributed by atoms with E-state index in [-0.39, 0.29) is 5.54 Å². The maximum atomic E-state index is 5.33. The minimum absolute atomic E-state index is 0.00171. The van der Waals surface area contributed by atoms with E-state index in [2.05, 4.69) is 36.5 Å². The van der Waals surface area contributed by atoms with Gasteiger partial charge in [-0.25, -0.2) is 10.8 Å². The molecule has 0 aliphatic carbocycles. The molecule has 0 atom stereocenters. The molecule has 0 spiro atoms. The van der Waals surface area contributed by atoms with Gasteiger partial charge in [-0.3, -0.25) is 5.43 Å². The molecule has 0 radical (unpaired) electrons. The number of hydrazine groups is 1. The molecule has 5 nitrogen and oxygen atoms in total. The first-order valence-corrected chi connectivity index (χ1v) is 4.84. The van der Waals surface area contributed by atoms with Crippen molar-refractivity contribution in [3.05, 3.63) is 0 Å². The van der Waals surface area contributed by atoms with Crippen LogP contribution in [0, 0.1) is 0 Å². The lowest BCUT2D eigenvalue weighted by Crippen LogP contribution is -2.51. The van der Waals surface area contributed by atoms with E-state index in [1.807, 2.05) is 0 Å². The van der Waals surface area contributed by atoms with Crippen LogP contribution in [0.3, 0.4) is 0 Å². The van der Waals surface area contributed by atoms with Crippen LogP contribution in [0.2, 0.25) is 0 Å². The number of hydrogen-bond donors (Lipinski definition) is 3. The fourth-order valence-electron chi connectivity index (χ4n) is 0.779. The molecule has 0 aromatic heterocycles. The summed E-state index contributed by atoms with van der Waals surface area (Å²) in [5.41, 5.74) is 2.53. The van der Waals surface area contributed by atoms with Crippen LogP contribution in [-0.4, -0.2) is 31.8 Å². The average Bonchev–Trinajstić information content (AvgIpc) is 2.16. The first kappa shape index (κ1) is 13.2. The van der Waals surface area contributed by atoms with Crippen LogP contribution in [0.4, 0.5) is 0 Å². The van der Waals surface area contributed by atoms with Crippen molar-refractivity contribution in [1.29, 1.82) is 0 Å². The quantitative estimate of drug-likeness (QED) is 0.196. The molecular weight excluding hydrogens is 180 g/mol. The molecule has 0 saturated heterocycles. The lowest BCUT2D eigenvalue weighted by Gasteiger charge is -2.26. The second kappa shape index (κ2) is 6.62. The second-order valence-electron chi connectivity index (χ2n) is 3.73. The normalized spacial score (nSPS) is 12.8. The SMILES string of the molecule is CCC(C)(C)NC(=NCCOC)NN. The fraction of sp³-hybridized carbons (Fsp3) is 0.889. The van der Waals surface area contributed by atoms with E-state index in [1.54, 1.807) is 7.11 Å². The van der Waals surface area contributed by atoms with Crippen LogP contribution < -0.4 is 16.6 Å². The zero-order valence-electron chi connectivity index (χ0n) is 9.55. The number of ether oxygens (including phenoxy) is 1. The number of aliphatic imine (C=N–C) groups is 1. The molecule has 4 N–H and O–H groups in total. The topological polar surface area (TPSA) is 71.7 Å². The number of rotatable bonds is 5. The Morgan fingerprint density at radius 2 is 2.14 bits per heavy atom. The number of methoxy groups -OCH3 is 1. The average molecular weight is 202 g/mol. The molecule has 0 heterocycles. The Morgan fingerprint density at radius 3 is 2.57 bits per heavy atom. The summed E-state index contributed by atoms with van der Waals surface area (Å²) in [5.74, 6) is 5.94. The lowest BCUT2D eigenvalue weighted by molar-refractivity contribution is 0.207. The van der Waals surface area contributed by atoms with Crippen LogP contribution in [0.5, 0.6) is 0 Å². The summed E-state index contributed by atoms with van der Waals surface area (Å²) in [5, 5.41) is 3.21. The maximum absolute atomic E-state index is 5.33. The molecule has 0 unspecified atom stereocenters. The van der Waals surface area contributed by atoms with Crippen molar-refractivity contribution in [3.63, 3.8) is 0 Å². The van der Waals surface area contributed by atoms with Crippen LogP contribution in [0.1, 0.15) is 27.2 Å². The predicted molar refractivity (Wildman–Crippen MR) is 59.0 cm³/mol. The van der Waals surface area contributed by atoms with Gasteiger partial charge in [-0.15, -0.1) is 0 Å². The van der Waals surface area contributed by atoms with Gasteiger partial charge in [0.25, 0.3) is 0 Å². The Morgan fingerprint density at radius 1 is 1.50 bits per heavy atom. The van der Waals surface area contributed by atoms with Crippen molar-refractivity contribution in [2.24, 2.45) is 10.8 Å². The van der Waals surface area contributed by atoms with Crippen molar-refractivity contribution in [1.82, 2.24) is 10.7 Å². The number of nitrogens with zero attached hydrogens (tertiary/aromatic N) is 1. The third-order valence-electron chi connectivity index (χ3n) is 2.04. The minimum atomic E-state index is -0.00171. The van der Waals surface area contributed by atoms with Gasteiger partial charge in [-0.05, 0) is 20.3 Å². The summed E-state index contributed by atoms with van der Waals surface area (Å²) in [4.78, 5) is 4.21. The molecule has 0 aromatic rings. The van der Waals surface area contributed by atoms with Crippen molar-refractivity contribution in [2.75, 3.05) is 20.3 Å². The summed E-state index contributed by atoms with van der Waals surface area (Å²) in [6.45, 7) is 7.49. The monoisotopic (exact) mass is 202 g/mol. The van der Waals surface area contributed by atoms with Crippen LogP contribution in [0.15, 0.2) is 4.99 Å². The van der Waals surface area contributed by atoms with E-state index in [1.165, 1.54) is 0 Å². The van der Waals surface area contributed by atoms with Crippen LogP contribution >= 0.6 is 0 Å². The first-order chi connectivity index (χ1) is 6.55. The highest BCUT2D eigenvalue weighted by Crippen LogP contribution is 2.05. The summed E-state index contributed by atoms with van der Waals surface area (Å²) >= 11 is 0. The highest BCUT2D eigenvalue weighted by molar-refractivity contribution is 5.79. The molecule has 0 saturated carbocycles. The Bertz CT molecular complexity index is 180. The number of guanidine groups is 1. The summed E-state index contributed by atoms with van der Waals surface area (Å²) < 4.78 is 4.89. The fourth-order valence-corrected chi connectivity index (χ4v) is 0.779. The zero-order valence-corrected chi connectivity index (χ0v) is 9.55. The molecular formula is C9H22N4O. The Hall–Kier alpha value is -0.810. The highest BCUT2D eigenvalue weighted by atomic mass is 16.5. The van der Waals surface area contributed by atoms with Crippen molar-refractivity contribution >= 4 is 5.96 Å². The minimum Gasteiger partial charge on any atom is -0.383 e. The van der Waals surface area contributed by atoms with Gasteiger partial charge in [0.1, 0.15) is 0 Å². The molecule has 14 heavy (non-hydrogen) atoms. The number of nitrogens with one attached hydrogen (secondary N) is 2. The molecule has 5 heteroatoms. The van der Waals surface area contributed by atoms with Gasteiger partial charge in [0.15, 0.2) is 0 Å². The first-order valence-electron chi connectivity index (χ1n) is 4.84. The zero-order chi connectivity index (χ0) is 11.0. The van der Waals surface area contributed by atoms with Gasteiger partial charge in [-0.1, -0.05) is 6.92 Å². The van der Waals surface area contributed by atoms with Gasteiger partial charge < -0.3 is 10.1 Å². The highest BCUT2D eigenvalue weighted by Gasteiger charge is 2.15. The molecule has 84 valence electrons. The Balaban J connectivity index is 4.07. The number of nitrogens with two attached hydrogens (primary N) is 1. The molecule has 0 fully saturated rings. The third-order valence-corrected chi connectivity index (χ3v) is 2.04. The van der Waals surface area contributed by atoms with Gasteiger partial charge in [-0.2, -0.15) is 0 Å².